The van der Waals surface area contributed by atoms with Crippen molar-refractivity contribution in [1.29, 1.82) is 0 Å². The molecule has 0 aliphatic heterocycles. The quantitative estimate of drug-likeness (QED) is 0.466. The van der Waals surface area contributed by atoms with Gasteiger partial charge in [-0.25, -0.2) is 0 Å². The van der Waals surface area contributed by atoms with Crippen LogP contribution in [0.5, 0.6) is 0 Å². The first kappa shape index (κ1) is 20.9. The van der Waals surface area contributed by atoms with E-state index in [0.29, 0.717) is 6.04 Å². The van der Waals surface area contributed by atoms with Crippen molar-refractivity contribution in [3.63, 3.8) is 0 Å². The molecule has 0 aromatic heterocycles. The Hall–Kier alpha value is -0.120. The van der Waals surface area contributed by atoms with E-state index < -0.39 is 0 Å². The zero-order valence-corrected chi connectivity index (χ0v) is 15.5. The van der Waals surface area contributed by atoms with Crippen molar-refractivity contribution in [2.24, 2.45) is 0 Å². The molecule has 3 nitrogen and oxygen atoms in total. The topological polar surface area (TPSA) is 18.5 Å². The van der Waals surface area contributed by atoms with Crippen molar-refractivity contribution in [3.8, 4) is 0 Å². The molecule has 0 amide bonds. The zero-order valence-electron chi connectivity index (χ0n) is 15.5. The molecule has 0 aromatic rings. The molecule has 0 bridgehead atoms. The highest BCUT2D eigenvalue weighted by molar-refractivity contribution is 4.56. The van der Waals surface area contributed by atoms with Crippen LogP contribution in [0.3, 0.4) is 0 Å². The Morgan fingerprint density at radius 2 is 1.14 bits per heavy atom. The van der Waals surface area contributed by atoms with Gasteiger partial charge in [-0.05, 0) is 73.0 Å². The summed E-state index contributed by atoms with van der Waals surface area (Å²) in [6.07, 6.45) is 10.9. The van der Waals surface area contributed by atoms with Crippen LogP contribution in [0, 0.1) is 0 Å². The maximum absolute atomic E-state index is 3.48. The Labute approximate surface area is 134 Å². The van der Waals surface area contributed by atoms with Gasteiger partial charge in [-0.1, -0.05) is 39.5 Å². The minimum Gasteiger partial charge on any atom is -0.315 e. The minimum absolute atomic E-state index is 0.633. The van der Waals surface area contributed by atoms with Crippen LogP contribution in [0.15, 0.2) is 0 Å². The summed E-state index contributed by atoms with van der Waals surface area (Å²) in [5.74, 6) is 0. The number of rotatable bonds is 15. The lowest BCUT2D eigenvalue weighted by atomic mass is 10.1. The monoisotopic (exact) mass is 299 g/mol. The Morgan fingerprint density at radius 3 is 1.62 bits per heavy atom. The standard InChI is InChI=1S/C18H41N3/c1-18(2)19-14-10-6-7-12-16-21(5)17-13-9-8-11-15-20(3)4/h18-19H,6-17H2,1-5H3. The van der Waals surface area contributed by atoms with Crippen LogP contribution in [0.25, 0.3) is 0 Å². The molecule has 0 radical (unpaired) electrons. The van der Waals surface area contributed by atoms with Crippen molar-refractivity contribution < 1.29 is 0 Å². The van der Waals surface area contributed by atoms with Crippen molar-refractivity contribution in [3.05, 3.63) is 0 Å². The Bertz CT molecular complexity index is 205. The lowest BCUT2D eigenvalue weighted by molar-refractivity contribution is 0.312. The second-order valence-electron chi connectivity index (χ2n) is 7.04. The van der Waals surface area contributed by atoms with Gasteiger partial charge in [0.1, 0.15) is 0 Å². The van der Waals surface area contributed by atoms with Crippen LogP contribution in [0.1, 0.15) is 65.2 Å². The lowest BCUT2D eigenvalue weighted by Gasteiger charge is -2.16. The van der Waals surface area contributed by atoms with Crippen LogP contribution in [0.2, 0.25) is 0 Å². The first-order chi connectivity index (χ1) is 10.0. The second kappa shape index (κ2) is 14.8. The molecule has 1 N–H and O–H groups in total. The molecular weight excluding hydrogens is 258 g/mol. The Morgan fingerprint density at radius 1 is 0.667 bits per heavy atom. The number of nitrogens with zero attached hydrogens (tertiary/aromatic N) is 2. The van der Waals surface area contributed by atoms with Gasteiger partial charge in [0.15, 0.2) is 0 Å². The van der Waals surface area contributed by atoms with Crippen molar-refractivity contribution in [2.75, 3.05) is 47.3 Å². The summed E-state index contributed by atoms with van der Waals surface area (Å²) in [7, 11) is 6.60. The van der Waals surface area contributed by atoms with Crippen molar-refractivity contribution in [2.45, 2.75) is 71.3 Å². The van der Waals surface area contributed by atoms with E-state index in [1.165, 1.54) is 77.5 Å². The molecule has 0 aliphatic rings. The van der Waals surface area contributed by atoms with E-state index in [1.807, 2.05) is 0 Å². The summed E-state index contributed by atoms with van der Waals surface area (Å²) in [5.41, 5.74) is 0. The van der Waals surface area contributed by atoms with E-state index in [1.54, 1.807) is 0 Å². The molecule has 0 heterocycles. The van der Waals surface area contributed by atoms with E-state index in [2.05, 4.69) is 50.1 Å². The molecule has 0 saturated heterocycles. The van der Waals surface area contributed by atoms with E-state index in [4.69, 9.17) is 0 Å². The van der Waals surface area contributed by atoms with E-state index >= 15 is 0 Å². The first-order valence-corrected chi connectivity index (χ1v) is 9.09. The van der Waals surface area contributed by atoms with E-state index in [-0.39, 0.29) is 0 Å². The Balaban J connectivity index is 3.18. The maximum atomic E-state index is 3.48. The molecule has 0 fully saturated rings. The summed E-state index contributed by atoms with van der Waals surface area (Å²) in [5, 5.41) is 3.48. The fourth-order valence-electron chi connectivity index (χ4n) is 2.53. The van der Waals surface area contributed by atoms with Gasteiger partial charge in [-0.15, -0.1) is 0 Å². The van der Waals surface area contributed by atoms with Crippen molar-refractivity contribution >= 4 is 0 Å². The van der Waals surface area contributed by atoms with Gasteiger partial charge in [0.25, 0.3) is 0 Å². The summed E-state index contributed by atoms with van der Waals surface area (Å²) in [6.45, 7) is 9.40. The summed E-state index contributed by atoms with van der Waals surface area (Å²) in [4.78, 5) is 4.79. The minimum atomic E-state index is 0.633. The predicted octanol–water partition coefficient (Wildman–Crippen LogP) is 3.60. The SMILES string of the molecule is CC(C)NCCCCCCN(C)CCCCCCN(C)C. The molecule has 21 heavy (non-hydrogen) atoms. The van der Waals surface area contributed by atoms with Gasteiger partial charge >= 0.3 is 0 Å². The normalized spacial score (nSPS) is 12.0. The van der Waals surface area contributed by atoms with Gasteiger partial charge in [0.2, 0.25) is 0 Å². The average molecular weight is 300 g/mol. The van der Waals surface area contributed by atoms with Gasteiger partial charge in [0, 0.05) is 6.04 Å². The van der Waals surface area contributed by atoms with Crippen LogP contribution < -0.4 is 5.32 Å². The number of hydrogen-bond donors (Lipinski definition) is 1. The maximum Gasteiger partial charge on any atom is 0.00103 e. The third-order valence-corrected chi connectivity index (χ3v) is 3.91. The molecule has 0 atom stereocenters. The van der Waals surface area contributed by atoms with E-state index in [0.717, 1.165) is 0 Å². The number of hydrogen-bond acceptors (Lipinski definition) is 3. The molecule has 0 spiro atoms. The van der Waals surface area contributed by atoms with Crippen LogP contribution in [-0.4, -0.2) is 63.2 Å². The van der Waals surface area contributed by atoms with Gasteiger partial charge in [0.05, 0.1) is 0 Å². The third kappa shape index (κ3) is 17.8. The van der Waals surface area contributed by atoms with E-state index in [9.17, 15) is 0 Å². The fraction of sp³-hybridized carbons (Fsp3) is 1.00. The Kier molecular flexibility index (Phi) is 14.7. The number of nitrogens with one attached hydrogen (secondary N) is 1. The third-order valence-electron chi connectivity index (χ3n) is 3.91. The van der Waals surface area contributed by atoms with Crippen molar-refractivity contribution in [1.82, 2.24) is 15.1 Å². The average Bonchev–Trinajstić information content (AvgIpc) is 2.41. The molecule has 128 valence electrons. The lowest BCUT2D eigenvalue weighted by Crippen LogP contribution is -2.23. The van der Waals surface area contributed by atoms with Gasteiger partial charge in [-0.3, -0.25) is 0 Å². The molecule has 0 unspecified atom stereocenters. The molecular formula is C18H41N3. The smallest absolute Gasteiger partial charge is 0.00103 e. The van der Waals surface area contributed by atoms with Gasteiger partial charge in [-0.2, -0.15) is 0 Å². The molecule has 0 rings (SSSR count). The summed E-state index contributed by atoms with van der Waals surface area (Å²) < 4.78 is 0. The molecule has 0 saturated carbocycles. The largest absolute Gasteiger partial charge is 0.315 e. The molecule has 0 aliphatic carbocycles. The highest BCUT2D eigenvalue weighted by Crippen LogP contribution is 2.04. The fourth-order valence-corrected chi connectivity index (χ4v) is 2.53. The molecule has 0 aromatic carbocycles. The summed E-state index contributed by atoms with van der Waals surface area (Å²) >= 11 is 0. The highest BCUT2D eigenvalue weighted by atomic mass is 15.1. The van der Waals surface area contributed by atoms with Crippen LogP contribution in [-0.2, 0) is 0 Å². The van der Waals surface area contributed by atoms with Crippen LogP contribution in [0.4, 0.5) is 0 Å². The second-order valence-corrected chi connectivity index (χ2v) is 7.04. The highest BCUT2D eigenvalue weighted by Gasteiger charge is 1.99. The first-order valence-electron chi connectivity index (χ1n) is 9.09. The van der Waals surface area contributed by atoms with Gasteiger partial charge < -0.3 is 15.1 Å². The zero-order chi connectivity index (χ0) is 15.9. The predicted molar refractivity (Wildman–Crippen MR) is 96.1 cm³/mol. The van der Waals surface area contributed by atoms with Crippen LogP contribution >= 0.6 is 0 Å². The number of unbranched alkanes of at least 4 members (excludes halogenated alkanes) is 6. The molecule has 3 heteroatoms. The summed E-state index contributed by atoms with van der Waals surface area (Å²) in [6, 6.07) is 0.633.